The van der Waals surface area contributed by atoms with Gasteiger partial charge in [0.25, 0.3) is 0 Å². The number of aromatic nitrogens is 1. The third kappa shape index (κ3) is 4.52. The maximum Gasteiger partial charge on any atom is 0.133 e. The lowest BCUT2D eigenvalue weighted by Gasteiger charge is -2.24. The molecule has 1 aromatic carbocycles. The standard InChI is InChI=1S/C19H20N2O2/c22-18(19-9-5-11-23-19)15-21(13-16-6-2-1-3-7-16)14-17-8-4-10-20-12-17/h1-12,18,22H,13-15H2. The van der Waals surface area contributed by atoms with E-state index in [0.717, 1.165) is 18.7 Å². The van der Waals surface area contributed by atoms with E-state index in [1.807, 2.05) is 36.5 Å². The molecule has 1 unspecified atom stereocenters. The average molecular weight is 308 g/mol. The van der Waals surface area contributed by atoms with Crippen molar-refractivity contribution in [1.82, 2.24) is 9.88 Å². The van der Waals surface area contributed by atoms with Gasteiger partial charge in [-0.1, -0.05) is 36.4 Å². The van der Waals surface area contributed by atoms with Crippen molar-refractivity contribution in [3.05, 3.63) is 90.1 Å². The zero-order valence-electron chi connectivity index (χ0n) is 12.9. The first-order valence-corrected chi connectivity index (χ1v) is 7.68. The van der Waals surface area contributed by atoms with Crippen LogP contribution in [0.25, 0.3) is 0 Å². The van der Waals surface area contributed by atoms with E-state index in [0.29, 0.717) is 12.3 Å². The summed E-state index contributed by atoms with van der Waals surface area (Å²) < 4.78 is 5.31. The summed E-state index contributed by atoms with van der Waals surface area (Å²) in [4.78, 5) is 6.36. The molecule has 0 bridgehead atoms. The van der Waals surface area contributed by atoms with E-state index < -0.39 is 6.10 Å². The van der Waals surface area contributed by atoms with Gasteiger partial charge in [0.2, 0.25) is 0 Å². The van der Waals surface area contributed by atoms with Crippen LogP contribution in [0.15, 0.2) is 77.7 Å². The Morgan fingerprint density at radius 1 is 0.957 bits per heavy atom. The highest BCUT2D eigenvalue weighted by atomic mass is 16.4. The predicted molar refractivity (Wildman–Crippen MR) is 88.5 cm³/mol. The molecule has 0 aliphatic heterocycles. The van der Waals surface area contributed by atoms with E-state index in [1.54, 1.807) is 24.6 Å². The number of rotatable bonds is 7. The van der Waals surface area contributed by atoms with Gasteiger partial charge in [-0.3, -0.25) is 9.88 Å². The van der Waals surface area contributed by atoms with E-state index in [-0.39, 0.29) is 0 Å². The molecule has 0 spiro atoms. The lowest BCUT2D eigenvalue weighted by molar-refractivity contribution is 0.0872. The van der Waals surface area contributed by atoms with Gasteiger partial charge in [0.1, 0.15) is 11.9 Å². The molecule has 2 heterocycles. The molecule has 23 heavy (non-hydrogen) atoms. The van der Waals surface area contributed by atoms with E-state index in [2.05, 4.69) is 22.0 Å². The quantitative estimate of drug-likeness (QED) is 0.726. The molecule has 0 saturated heterocycles. The Labute approximate surface area is 136 Å². The van der Waals surface area contributed by atoms with E-state index in [9.17, 15) is 5.11 Å². The number of furan rings is 1. The number of aliphatic hydroxyl groups excluding tert-OH is 1. The van der Waals surface area contributed by atoms with Gasteiger partial charge in [-0.05, 0) is 29.3 Å². The third-order valence-corrected chi connectivity index (χ3v) is 3.68. The van der Waals surface area contributed by atoms with Crippen molar-refractivity contribution in [3.63, 3.8) is 0 Å². The van der Waals surface area contributed by atoms with Crippen LogP contribution in [0, 0.1) is 0 Å². The Bertz CT molecular complexity index is 642. The van der Waals surface area contributed by atoms with Crippen LogP contribution in [-0.2, 0) is 13.1 Å². The number of aliphatic hydroxyl groups is 1. The summed E-state index contributed by atoms with van der Waals surface area (Å²) in [6.45, 7) is 1.98. The number of hydrogen-bond acceptors (Lipinski definition) is 4. The molecule has 4 nitrogen and oxygen atoms in total. The van der Waals surface area contributed by atoms with Crippen molar-refractivity contribution in [1.29, 1.82) is 0 Å². The molecule has 3 aromatic rings. The van der Waals surface area contributed by atoms with Gasteiger partial charge in [-0.25, -0.2) is 0 Å². The molecule has 0 amide bonds. The van der Waals surface area contributed by atoms with Crippen molar-refractivity contribution in [2.45, 2.75) is 19.2 Å². The molecular formula is C19H20N2O2. The van der Waals surface area contributed by atoms with E-state index in [1.165, 1.54) is 5.56 Å². The molecule has 0 radical (unpaired) electrons. The fourth-order valence-electron chi connectivity index (χ4n) is 2.59. The molecular weight excluding hydrogens is 288 g/mol. The molecule has 0 saturated carbocycles. The summed E-state index contributed by atoms with van der Waals surface area (Å²) in [7, 11) is 0. The van der Waals surface area contributed by atoms with Crippen molar-refractivity contribution >= 4 is 0 Å². The van der Waals surface area contributed by atoms with Gasteiger partial charge >= 0.3 is 0 Å². The minimum absolute atomic E-state index is 0.497. The van der Waals surface area contributed by atoms with E-state index in [4.69, 9.17) is 4.42 Å². The average Bonchev–Trinajstić information content (AvgIpc) is 3.11. The summed E-state index contributed by atoms with van der Waals surface area (Å²) >= 11 is 0. The molecule has 0 fully saturated rings. The third-order valence-electron chi connectivity index (χ3n) is 3.68. The Kier molecular flexibility index (Phi) is 5.19. The van der Waals surface area contributed by atoms with Crippen LogP contribution in [0.3, 0.4) is 0 Å². The number of benzene rings is 1. The van der Waals surface area contributed by atoms with Gasteiger partial charge in [0.05, 0.1) is 6.26 Å². The molecule has 1 N–H and O–H groups in total. The van der Waals surface area contributed by atoms with Crippen molar-refractivity contribution < 1.29 is 9.52 Å². The zero-order valence-corrected chi connectivity index (χ0v) is 12.9. The van der Waals surface area contributed by atoms with Crippen molar-refractivity contribution in [2.75, 3.05) is 6.54 Å². The first kappa shape index (κ1) is 15.5. The highest BCUT2D eigenvalue weighted by Gasteiger charge is 2.16. The van der Waals surface area contributed by atoms with Gasteiger partial charge in [0.15, 0.2) is 0 Å². The molecule has 118 valence electrons. The van der Waals surface area contributed by atoms with Gasteiger partial charge in [-0.15, -0.1) is 0 Å². The number of pyridine rings is 1. The molecule has 2 aromatic heterocycles. The molecule has 0 aliphatic carbocycles. The first-order chi connectivity index (χ1) is 11.3. The monoisotopic (exact) mass is 308 g/mol. The SMILES string of the molecule is OC(CN(Cc1ccccc1)Cc1cccnc1)c1ccco1. The first-order valence-electron chi connectivity index (χ1n) is 7.68. The maximum absolute atomic E-state index is 10.4. The van der Waals surface area contributed by atoms with Gasteiger partial charge < -0.3 is 9.52 Å². The fourth-order valence-corrected chi connectivity index (χ4v) is 2.59. The number of hydrogen-bond donors (Lipinski definition) is 1. The van der Waals surface area contributed by atoms with Crippen LogP contribution in [-0.4, -0.2) is 21.5 Å². The molecule has 1 atom stereocenters. The predicted octanol–water partition coefficient (Wildman–Crippen LogP) is 3.41. The fraction of sp³-hybridized carbons (Fsp3) is 0.211. The second-order valence-corrected chi connectivity index (χ2v) is 5.55. The molecule has 4 heteroatoms. The highest BCUT2D eigenvalue weighted by Crippen LogP contribution is 2.18. The Hall–Kier alpha value is -2.43. The zero-order chi connectivity index (χ0) is 15.9. The summed E-state index contributed by atoms with van der Waals surface area (Å²) in [5, 5.41) is 10.4. The lowest BCUT2D eigenvalue weighted by atomic mass is 10.1. The summed E-state index contributed by atoms with van der Waals surface area (Å²) in [5.74, 6) is 0.592. The highest BCUT2D eigenvalue weighted by molar-refractivity contribution is 5.15. The summed E-state index contributed by atoms with van der Waals surface area (Å²) in [6, 6.07) is 17.8. The second-order valence-electron chi connectivity index (χ2n) is 5.55. The van der Waals surface area contributed by atoms with Crippen LogP contribution in [0.5, 0.6) is 0 Å². The Morgan fingerprint density at radius 3 is 2.43 bits per heavy atom. The van der Waals surface area contributed by atoms with E-state index >= 15 is 0 Å². The minimum Gasteiger partial charge on any atom is -0.467 e. The topological polar surface area (TPSA) is 49.5 Å². The minimum atomic E-state index is -0.648. The van der Waals surface area contributed by atoms with Gasteiger partial charge in [-0.2, -0.15) is 0 Å². The maximum atomic E-state index is 10.4. The second kappa shape index (κ2) is 7.72. The van der Waals surface area contributed by atoms with Crippen LogP contribution in [0.1, 0.15) is 23.0 Å². The van der Waals surface area contributed by atoms with Crippen molar-refractivity contribution in [2.24, 2.45) is 0 Å². The van der Waals surface area contributed by atoms with Crippen LogP contribution in [0.4, 0.5) is 0 Å². The Morgan fingerprint density at radius 2 is 1.74 bits per heavy atom. The van der Waals surface area contributed by atoms with Crippen LogP contribution in [0.2, 0.25) is 0 Å². The van der Waals surface area contributed by atoms with Crippen LogP contribution < -0.4 is 0 Å². The molecule has 3 rings (SSSR count). The largest absolute Gasteiger partial charge is 0.467 e. The number of nitrogens with zero attached hydrogens (tertiary/aromatic N) is 2. The normalized spacial score (nSPS) is 12.4. The molecule has 0 aliphatic rings. The summed E-state index contributed by atoms with van der Waals surface area (Å²) in [5.41, 5.74) is 2.33. The Balaban J connectivity index is 1.72. The van der Waals surface area contributed by atoms with Crippen molar-refractivity contribution in [3.8, 4) is 0 Å². The smallest absolute Gasteiger partial charge is 0.133 e. The summed E-state index contributed by atoms with van der Waals surface area (Å²) in [6.07, 6.45) is 4.56. The van der Waals surface area contributed by atoms with Crippen LogP contribution >= 0.6 is 0 Å². The van der Waals surface area contributed by atoms with Gasteiger partial charge in [0, 0.05) is 32.0 Å². The lowest BCUT2D eigenvalue weighted by Crippen LogP contribution is -2.28.